The highest BCUT2D eigenvalue weighted by Crippen LogP contribution is 2.44. The lowest BCUT2D eigenvalue weighted by Crippen LogP contribution is -2.43. The molecule has 1 atom stereocenters. The van der Waals surface area contributed by atoms with E-state index in [1.807, 2.05) is 37.8 Å². The van der Waals surface area contributed by atoms with E-state index in [0.29, 0.717) is 18.1 Å². The molecule has 0 unspecified atom stereocenters. The number of aromatic nitrogens is 2. The van der Waals surface area contributed by atoms with Crippen molar-refractivity contribution >= 4 is 44.9 Å². The van der Waals surface area contributed by atoms with Crippen molar-refractivity contribution in [3.63, 3.8) is 0 Å². The summed E-state index contributed by atoms with van der Waals surface area (Å²) in [7, 11) is 0. The van der Waals surface area contributed by atoms with Crippen LogP contribution in [-0.2, 0) is 17.8 Å². The van der Waals surface area contributed by atoms with Gasteiger partial charge < -0.3 is 19.6 Å². The van der Waals surface area contributed by atoms with Crippen molar-refractivity contribution in [3.05, 3.63) is 40.0 Å². The van der Waals surface area contributed by atoms with E-state index in [0.717, 1.165) is 57.8 Å². The number of aliphatic hydroxyl groups is 1. The van der Waals surface area contributed by atoms with Gasteiger partial charge in [-0.25, -0.2) is 14.8 Å². The third kappa shape index (κ3) is 4.46. The van der Waals surface area contributed by atoms with Gasteiger partial charge in [-0.2, -0.15) is 0 Å². The molecule has 3 aromatic rings. The van der Waals surface area contributed by atoms with Crippen molar-refractivity contribution in [2.24, 2.45) is 0 Å². The number of likely N-dealkylation sites (tertiary alicyclic amines) is 1. The normalized spacial score (nSPS) is 18.4. The van der Waals surface area contributed by atoms with Crippen LogP contribution in [0.4, 0.5) is 10.5 Å². The zero-order chi connectivity index (χ0) is 24.0. The van der Waals surface area contributed by atoms with Gasteiger partial charge in [-0.1, -0.05) is 11.6 Å². The zero-order valence-corrected chi connectivity index (χ0v) is 21.2. The molecule has 9 heteroatoms. The fraction of sp³-hybridized carbons (Fsp3) is 0.480. The second kappa shape index (κ2) is 8.98. The number of amides is 1. The topological polar surface area (TPSA) is 78.8 Å². The van der Waals surface area contributed by atoms with Crippen LogP contribution in [0.5, 0.6) is 0 Å². The van der Waals surface area contributed by atoms with E-state index in [2.05, 4.69) is 20.9 Å². The zero-order valence-electron chi connectivity index (χ0n) is 19.7. The third-order valence-corrected chi connectivity index (χ3v) is 7.65. The van der Waals surface area contributed by atoms with Gasteiger partial charge in [0, 0.05) is 46.8 Å². The number of carbonyl (C=O) groups excluding carboxylic acids is 1. The molecule has 0 saturated carbocycles. The number of benzene rings is 1. The number of thiophene rings is 1. The van der Waals surface area contributed by atoms with Gasteiger partial charge >= 0.3 is 6.09 Å². The van der Waals surface area contributed by atoms with Crippen molar-refractivity contribution in [2.45, 2.75) is 58.3 Å². The molecule has 1 N–H and O–H groups in total. The quantitative estimate of drug-likeness (QED) is 0.528. The van der Waals surface area contributed by atoms with Gasteiger partial charge in [0.25, 0.3) is 0 Å². The Labute approximate surface area is 208 Å². The number of rotatable bonds is 3. The molecule has 1 saturated heterocycles. The van der Waals surface area contributed by atoms with Crippen LogP contribution >= 0.6 is 22.9 Å². The van der Waals surface area contributed by atoms with Crippen molar-refractivity contribution in [1.82, 2.24) is 14.9 Å². The van der Waals surface area contributed by atoms with Gasteiger partial charge in [0.1, 0.15) is 11.9 Å². The van der Waals surface area contributed by atoms with E-state index in [4.69, 9.17) is 16.3 Å². The number of anilines is 1. The van der Waals surface area contributed by atoms with Crippen LogP contribution in [0.3, 0.4) is 0 Å². The van der Waals surface area contributed by atoms with Gasteiger partial charge in [-0.3, -0.25) is 0 Å². The Kier molecular flexibility index (Phi) is 6.16. The standard InChI is InChI=1S/C25H29ClN4O3S/c1-25(2,3)33-24(32)29-8-6-17(12-29)30-7-4-5-15-9-16(26)10-19(22(15)30)21-23-20(27-14-28-21)11-18(13-31)34-23/h9-11,14,17,31H,4-8,12-13H2,1-3H3/t17-/m0/s1. The number of hydrogen-bond donors (Lipinski definition) is 1. The molecule has 2 aliphatic rings. The maximum Gasteiger partial charge on any atom is 0.410 e. The van der Waals surface area contributed by atoms with Crippen LogP contribution in [0, 0.1) is 0 Å². The second-order valence-corrected chi connectivity index (χ2v) is 11.5. The Morgan fingerprint density at radius 2 is 2.09 bits per heavy atom. The highest BCUT2D eigenvalue weighted by atomic mass is 35.5. The van der Waals surface area contributed by atoms with E-state index in [-0.39, 0.29) is 18.7 Å². The number of hydrogen-bond acceptors (Lipinski definition) is 7. The molecular formula is C25H29ClN4O3S. The fourth-order valence-corrected chi connectivity index (χ4v) is 6.16. The van der Waals surface area contributed by atoms with Crippen molar-refractivity contribution in [2.75, 3.05) is 24.5 Å². The molecule has 7 nitrogen and oxygen atoms in total. The number of aliphatic hydroxyl groups excluding tert-OH is 1. The second-order valence-electron chi connectivity index (χ2n) is 9.93. The summed E-state index contributed by atoms with van der Waals surface area (Å²) in [6.45, 7) is 7.87. The Morgan fingerprint density at radius 1 is 1.26 bits per heavy atom. The molecule has 0 aliphatic carbocycles. The minimum Gasteiger partial charge on any atom is -0.444 e. The van der Waals surface area contributed by atoms with Crippen molar-refractivity contribution in [3.8, 4) is 11.3 Å². The number of carbonyl (C=O) groups is 1. The highest BCUT2D eigenvalue weighted by Gasteiger charge is 2.36. The largest absolute Gasteiger partial charge is 0.444 e. The predicted molar refractivity (Wildman–Crippen MR) is 136 cm³/mol. The summed E-state index contributed by atoms with van der Waals surface area (Å²) in [5.74, 6) is 0. The summed E-state index contributed by atoms with van der Waals surface area (Å²) >= 11 is 8.09. The SMILES string of the molecule is CC(C)(C)OC(=O)N1CC[C@H](N2CCCc3cc(Cl)cc(-c4ncnc5cc(CO)sc45)c32)C1. The minimum absolute atomic E-state index is 0.0250. The van der Waals surface area contributed by atoms with Crippen LogP contribution in [-0.4, -0.2) is 57.3 Å². The Balaban J connectivity index is 1.53. The number of ether oxygens (including phenoxy) is 1. The lowest BCUT2D eigenvalue weighted by molar-refractivity contribution is 0.0292. The molecule has 1 amide bonds. The maximum atomic E-state index is 12.7. The minimum atomic E-state index is -0.511. The lowest BCUT2D eigenvalue weighted by Gasteiger charge is -2.38. The number of halogens is 1. The predicted octanol–water partition coefficient (Wildman–Crippen LogP) is 5.27. The average Bonchev–Trinajstić information content (AvgIpc) is 3.44. The number of nitrogens with zero attached hydrogens (tertiary/aromatic N) is 4. The first-order valence-corrected chi connectivity index (χ1v) is 12.8. The van der Waals surface area contributed by atoms with Crippen molar-refractivity contribution < 1.29 is 14.6 Å². The van der Waals surface area contributed by atoms with E-state index < -0.39 is 5.60 Å². The molecule has 2 aromatic heterocycles. The maximum absolute atomic E-state index is 12.7. The first-order valence-electron chi connectivity index (χ1n) is 11.6. The summed E-state index contributed by atoms with van der Waals surface area (Å²) in [4.78, 5) is 26.9. The Bertz CT molecular complexity index is 1240. The molecule has 1 aromatic carbocycles. The van der Waals surface area contributed by atoms with Crippen molar-refractivity contribution in [1.29, 1.82) is 0 Å². The first-order chi connectivity index (χ1) is 16.2. The molecule has 180 valence electrons. The summed E-state index contributed by atoms with van der Waals surface area (Å²) in [5, 5.41) is 10.3. The molecule has 4 heterocycles. The van der Waals surface area contributed by atoms with E-state index in [1.165, 1.54) is 16.9 Å². The van der Waals surface area contributed by atoms with E-state index in [9.17, 15) is 9.90 Å². The molecule has 0 spiro atoms. The fourth-order valence-electron chi connectivity index (χ4n) is 4.94. The van der Waals surface area contributed by atoms with Crippen LogP contribution in [0.2, 0.25) is 5.02 Å². The van der Waals surface area contributed by atoms with Crippen LogP contribution < -0.4 is 4.90 Å². The van der Waals surface area contributed by atoms with Gasteiger partial charge in [0.05, 0.1) is 22.5 Å². The summed E-state index contributed by atoms with van der Waals surface area (Å²) < 4.78 is 6.56. The monoisotopic (exact) mass is 500 g/mol. The molecule has 0 bridgehead atoms. The molecule has 5 rings (SSSR count). The molecule has 34 heavy (non-hydrogen) atoms. The van der Waals surface area contributed by atoms with Crippen LogP contribution in [0.25, 0.3) is 21.5 Å². The van der Waals surface area contributed by atoms with Gasteiger partial charge in [-0.15, -0.1) is 11.3 Å². The van der Waals surface area contributed by atoms with Crippen LogP contribution in [0.15, 0.2) is 24.5 Å². The molecule has 2 aliphatic heterocycles. The van der Waals surface area contributed by atoms with Crippen LogP contribution in [0.1, 0.15) is 44.1 Å². The smallest absolute Gasteiger partial charge is 0.410 e. The Morgan fingerprint density at radius 3 is 2.85 bits per heavy atom. The van der Waals surface area contributed by atoms with E-state index in [1.54, 1.807) is 6.33 Å². The lowest BCUT2D eigenvalue weighted by atomic mass is 9.94. The summed E-state index contributed by atoms with van der Waals surface area (Å²) in [5.41, 5.74) is 4.48. The van der Waals surface area contributed by atoms with E-state index >= 15 is 0 Å². The molecule has 1 fully saturated rings. The highest BCUT2D eigenvalue weighted by molar-refractivity contribution is 7.19. The third-order valence-electron chi connectivity index (χ3n) is 6.32. The first kappa shape index (κ1) is 23.3. The molecular weight excluding hydrogens is 472 g/mol. The Hall–Kier alpha value is -2.42. The summed E-state index contributed by atoms with van der Waals surface area (Å²) in [6.07, 6.45) is 4.18. The van der Waals surface area contributed by atoms with Gasteiger partial charge in [0.15, 0.2) is 0 Å². The summed E-state index contributed by atoms with van der Waals surface area (Å²) in [6, 6.07) is 6.15. The average molecular weight is 501 g/mol. The van der Waals surface area contributed by atoms with Gasteiger partial charge in [0.2, 0.25) is 0 Å². The molecule has 0 radical (unpaired) electrons. The van der Waals surface area contributed by atoms with Gasteiger partial charge in [-0.05, 0) is 63.8 Å². The number of aryl methyl sites for hydroxylation is 1. The number of fused-ring (bicyclic) bond motifs is 2.